The zero-order valence-electron chi connectivity index (χ0n) is 26.4. The van der Waals surface area contributed by atoms with Crippen molar-refractivity contribution in [1.82, 2.24) is 29.1 Å². The molecule has 4 aromatic heterocycles. The quantitative estimate of drug-likeness (QED) is 0.199. The van der Waals surface area contributed by atoms with E-state index in [1.165, 1.54) is 33.5 Å². The summed E-state index contributed by atoms with van der Waals surface area (Å²) in [6, 6.07) is 36.3. The Morgan fingerprint density at radius 3 is 1.49 bits per heavy atom. The number of nitrogens with zero attached hydrogens (tertiary/aromatic N) is 7. The highest BCUT2D eigenvalue weighted by Gasteiger charge is 2.58. The van der Waals surface area contributed by atoms with E-state index in [1.54, 1.807) is 0 Å². The van der Waals surface area contributed by atoms with Crippen molar-refractivity contribution in [1.29, 1.82) is 0 Å². The molecule has 0 bridgehead atoms. The van der Waals surface area contributed by atoms with Gasteiger partial charge in [-0.2, -0.15) is 15.0 Å². The number of para-hydroxylation sites is 4. The molecule has 5 heterocycles. The van der Waals surface area contributed by atoms with Crippen LogP contribution in [0.2, 0.25) is 0 Å². The second kappa shape index (κ2) is 9.48. The van der Waals surface area contributed by atoms with Crippen molar-refractivity contribution in [2.75, 3.05) is 4.90 Å². The van der Waals surface area contributed by atoms with Gasteiger partial charge in [0.2, 0.25) is 17.8 Å². The van der Waals surface area contributed by atoms with Crippen molar-refractivity contribution in [3.8, 4) is 11.9 Å². The third kappa shape index (κ3) is 3.46. The van der Waals surface area contributed by atoms with Crippen LogP contribution in [0.1, 0.15) is 45.1 Å². The van der Waals surface area contributed by atoms with Crippen molar-refractivity contribution in [3.63, 3.8) is 0 Å². The molecule has 7 heteroatoms. The molecule has 0 saturated heterocycles. The molecule has 0 N–H and O–H groups in total. The van der Waals surface area contributed by atoms with Gasteiger partial charge in [0, 0.05) is 33.2 Å². The minimum Gasteiger partial charge on any atom is -0.302 e. The summed E-state index contributed by atoms with van der Waals surface area (Å²) in [5.41, 5.74) is 6.39. The fourth-order valence-electron chi connectivity index (χ4n) is 8.82. The van der Waals surface area contributed by atoms with Gasteiger partial charge in [-0.15, -0.1) is 0 Å². The number of hydrogen-bond donors (Lipinski definition) is 0. The summed E-state index contributed by atoms with van der Waals surface area (Å²) in [6.45, 7) is 4.82. The lowest BCUT2D eigenvalue weighted by atomic mass is 9.62. The first-order valence-electron chi connectivity index (χ1n) is 16.5. The third-order valence-corrected chi connectivity index (χ3v) is 11.3. The van der Waals surface area contributed by atoms with Crippen LogP contribution in [0, 0.1) is 0 Å². The van der Waals surface area contributed by atoms with Crippen molar-refractivity contribution < 1.29 is 0 Å². The monoisotopic (exact) mass is 611 g/mol. The van der Waals surface area contributed by atoms with E-state index in [-0.39, 0.29) is 11.0 Å². The molecule has 0 spiro atoms. The maximum atomic E-state index is 5.42. The fourth-order valence-corrected chi connectivity index (χ4v) is 8.82. The Balaban J connectivity index is 1.33. The van der Waals surface area contributed by atoms with E-state index in [2.05, 4.69) is 136 Å². The number of fused-ring (bicyclic) bond motifs is 9. The molecular formula is C40H33N7. The maximum absolute atomic E-state index is 5.42. The van der Waals surface area contributed by atoms with E-state index in [1.807, 2.05) is 12.4 Å². The van der Waals surface area contributed by atoms with Crippen molar-refractivity contribution in [2.45, 2.75) is 50.5 Å². The first kappa shape index (κ1) is 26.6. The molecule has 1 aliphatic heterocycles. The van der Waals surface area contributed by atoms with Gasteiger partial charge in [-0.05, 0) is 55.7 Å². The fraction of sp³-hybridized carbons (Fsp3) is 0.200. The molecule has 10 rings (SSSR count). The van der Waals surface area contributed by atoms with Gasteiger partial charge in [0.25, 0.3) is 0 Å². The molecule has 1 saturated carbocycles. The van der Waals surface area contributed by atoms with Crippen LogP contribution in [-0.2, 0) is 5.41 Å². The van der Waals surface area contributed by atoms with E-state index in [9.17, 15) is 0 Å². The highest BCUT2D eigenvalue weighted by Crippen LogP contribution is 2.60. The van der Waals surface area contributed by atoms with Crippen LogP contribution in [-0.4, -0.2) is 34.6 Å². The Bertz CT molecular complexity index is 2310. The topological polar surface area (TPSA) is 64.7 Å². The Morgan fingerprint density at radius 1 is 0.532 bits per heavy atom. The lowest BCUT2D eigenvalue weighted by Crippen LogP contribution is -2.55. The highest BCUT2D eigenvalue weighted by atomic mass is 15.4. The van der Waals surface area contributed by atoms with Crippen molar-refractivity contribution >= 4 is 55.2 Å². The molecule has 228 valence electrons. The molecule has 1 fully saturated rings. The lowest BCUT2D eigenvalue weighted by molar-refractivity contribution is 0.193. The lowest BCUT2D eigenvalue weighted by Gasteiger charge is -2.49. The van der Waals surface area contributed by atoms with Crippen LogP contribution in [0.15, 0.2) is 116 Å². The first-order chi connectivity index (χ1) is 23.1. The van der Waals surface area contributed by atoms with Gasteiger partial charge in [0.15, 0.2) is 0 Å². The Labute approximate surface area is 272 Å². The van der Waals surface area contributed by atoms with Crippen LogP contribution >= 0.6 is 0 Å². The molecule has 7 nitrogen and oxygen atoms in total. The van der Waals surface area contributed by atoms with Gasteiger partial charge in [0.1, 0.15) is 0 Å². The minimum atomic E-state index is -0.228. The highest BCUT2D eigenvalue weighted by molar-refractivity contribution is 6.10. The molecule has 2 unspecified atom stereocenters. The van der Waals surface area contributed by atoms with Crippen LogP contribution < -0.4 is 4.90 Å². The van der Waals surface area contributed by atoms with E-state index in [0.717, 1.165) is 47.0 Å². The maximum Gasteiger partial charge on any atom is 0.241 e. The van der Waals surface area contributed by atoms with Crippen LogP contribution in [0.3, 0.4) is 0 Å². The average molecular weight is 612 g/mol. The number of hydrogen-bond acceptors (Lipinski definition) is 5. The summed E-state index contributed by atoms with van der Waals surface area (Å²) < 4.78 is 4.41. The van der Waals surface area contributed by atoms with Crippen LogP contribution in [0.25, 0.3) is 55.5 Å². The van der Waals surface area contributed by atoms with Gasteiger partial charge in [-0.3, -0.25) is 14.1 Å². The minimum absolute atomic E-state index is 0.0594. The summed E-state index contributed by atoms with van der Waals surface area (Å²) in [5.74, 6) is 1.85. The number of benzene rings is 4. The summed E-state index contributed by atoms with van der Waals surface area (Å²) in [4.78, 5) is 23.2. The zero-order valence-corrected chi connectivity index (χ0v) is 26.4. The van der Waals surface area contributed by atoms with Crippen molar-refractivity contribution in [2.24, 2.45) is 0 Å². The van der Waals surface area contributed by atoms with E-state index < -0.39 is 0 Å². The number of anilines is 2. The Hall–Kier alpha value is -5.56. The van der Waals surface area contributed by atoms with Gasteiger partial charge < -0.3 is 4.90 Å². The molecule has 1 aliphatic carbocycles. The average Bonchev–Trinajstić information content (AvgIpc) is 3.70. The number of aromatic nitrogens is 6. The molecule has 0 amide bonds. The second-order valence-electron chi connectivity index (χ2n) is 13.5. The van der Waals surface area contributed by atoms with Gasteiger partial charge in [0.05, 0.1) is 39.5 Å². The van der Waals surface area contributed by atoms with Gasteiger partial charge in [-0.25, -0.2) is 0 Å². The first-order valence-corrected chi connectivity index (χ1v) is 16.5. The number of rotatable bonds is 3. The molecule has 2 aliphatic rings. The molecule has 0 radical (unpaired) electrons. The normalized spacial score (nSPS) is 20.8. The standard InChI is InChI=1S/C40H33N7/c1-39-22-11-12-23-40(39,2)47(35-25-41-24-21-30(35)39)38-43-36(45-31-17-7-3-13-26(31)27-14-4-8-18-32(27)45)42-37(44-38)46-33-19-9-5-15-28(33)29-16-6-10-20-34(29)46/h3-10,13-21,24-25H,11-12,22-23H2,1-2H3. The van der Waals surface area contributed by atoms with Gasteiger partial charge >= 0.3 is 0 Å². The van der Waals surface area contributed by atoms with E-state index >= 15 is 0 Å². The molecule has 47 heavy (non-hydrogen) atoms. The Kier molecular flexibility index (Phi) is 5.38. The summed E-state index contributed by atoms with van der Waals surface area (Å²) in [5, 5.41) is 4.69. The molecule has 2 atom stereocenters. The molecule has 4 aromatic carbocycles. The SMILES string of the molecule is CC12CCCCC1(C)N(c1nc(-n3c4ccccc4c4ccccc43)nc(-n3c4ccccc4c4ccccc43)n1)c1cnccc12. The summed E-state index contributed by atoms with van der Waals surface area (Å²) in [7, 11) is 0. The summed E-state index contributed by atoms with van der Waals surface area (Å²) >= 11 is 0. The van der Waals surface area contributed by atoms with E-state index in [0.29, 0.717) is 17.8 Å². The second-order valence-corrected chi connectivity index (χ2v) is 13.5. The van der Waals surface area contributed by atoms with Crippen molar-refractivity contribution in [3.05, 3.63) is 121 Å². The predicted molar refractivity (Wildman–Crippen MR) is 189 cm³/mol. The largest absolute Gasteiger partial charge is 0.302 e. The molecular weight excluding hydrogens is 578 g/mol. The summed E-state index contributed by atoms with van der Waals surface area (Å²) in [6.07, 6.45) is 8.46. The van der Waals surface area contributed by atoms with Gasteiger partial charge in [-0.1, -0.05) is 92.6 Å². The zero-order chi connectivity index (χ0) is 31.3. The molecule has 8 aromatic rings. The smallest absolute Gasteiger partial charge is 0.241 e. The van der Waals surface area contributed by atoms with E-state index in [4.69, 9.17) is 15.0 Å². The van der Waals surface area contributed by atoms with Crippen LogP contribution in [0.4, 0.5) is 11.6 Å². The number of pyridine rings is 1. The predicted octanol–water partition coefficient (Wildman–Crippen LogP) is 9.20. The Morgan fingerprint density at radius 2 is 0.979 bits per heavy atom. The van der Waals surface area contributed by atoms with Crippen LogP contribution in [0.5, 0.6) is 0 Å². The third-order valence-electron chi connectivity index (χ3n) is 11.3.